The maximum absolute atomic E-state index is 12.4. The zero-order valence-electron chi connectivity index (χ0n) is 12.4. The summed E-state index contributed by atoms with van der Waals surface area (Å²) < 4.78 is 7.21. The number of nitrogens with zero attached hydrogens (tertiary/aromatic N) is 1. The quantitative estimate of drug-likeness (QED) is 0.662. The highest BCUT2D eigenvalue weighted by Gasteiger charge is 2.21. The van der Waals surface area contributed by atoms with Gasteiger partial charge in [0, 0.05) is 11.1 Å². The standard InChI is InChI=1S/C19H17NO2/c1-3-14(2)20-17(15-10-6-4-7-11-15)18(22-19(20)21)16-12-8-5-9-13-16/h3-14H,1H2,2H3. The second-order valence-electron chi connectivity index (χ2n) is 5.12. The second kappa shape index (κ2) is 5.90. The van der Waals surface area contributed by atoms with Crippen LogP contribution in [0.3, 0.4) is 0 Å². The van der Waals surface area contributed by atoms with Gasteiger partial charge in [-0.1, -0.05) is 66.7 Å². The normalized spacial score (nSPS) is 12.0. The Kier molecular flexibility index (Phi) is 3.79. The van der Waals surface area contributed by atoms with E-state index in [2.05, 4.69) is 6.58 Å². The molecular weight excluding hydrogens is 274 g/mol. The van der Waals surface area contributed by atoms with E-state index >= 15 is 0 Å². The van der Waals surface area contributed by atoms with Crippen molar-refractivity contribution in [1.82, 2.24) is 4.57 Å². The second-order valence-corrected chi connectivity index (χ2v) is 5.12. The number of hydrogen-bond donors (Lipinski definition) is 0. The van der Waals surface area contributed by atoms with Crippen molar-refractivity contribution in [1.29, 1.82) is 0 Å². The molecule has 0 N–H and O–H groups in total. The molecule has 22 heavy (non-hydrogen) atoms. The number of allylic oxidation sites excluding steroid dienone is 1. The maximum atomic E-state index is 12.4. The van der Waals surface area contributed by atoms with E-state index in [1.54, 1.807) is 10.6 Å². The predicted octanol–water partition coefficient (Wildman–Crippen LogP) is 4.52. The van der Waals surface area contributed by atoms with Crippen LogP contribution in [0.25, 0.3) is 22.6 Å². The summed E-state index contributed by atoms with van der Waals surface area (Å²) in [5.41, 5.74) is 2.61. The molecule has 1 unspecified atom stereocenters. The van der Waals surface area contributed by atoms with Crippen LogP contribution in [0.15, 0.2) is 82.5 Å². The number of oxazole rings is 1. The fourth-order valence-electron chi connectivity index (χ4n) is 2.51. The van der Waals surface area contributed by atoms with Gasteiger partial charge < -0.3 is 4.42 Å². The summed E-state index contributed by atoms with van der Waals surface area (Å²) in [7, 11) is 0. The largest absolute Gasteiger partial charge is 0.420 e. The van der Waals surface area contributed by atoms with E-state index in [4.69, 9.17) is 4.42 Å². The summed E-state index contributed by atoms with van der Waals surface area (Å²) in [6.07, 6.45) is 1.73. The molecule has 1 aromatic heterocycles. The average molecular weight is 291 g/mol. The molecule has 1 heterocycles. The number of hydrogen-bond acceptors (Lipinski definition) is 2. The lowest BCUT2D eigenvalue weighted by Crippen LogP contribution is -2.18. The molecule has 3 aromatic rings. The van der Waals surface area contributed by atoms with Gasteiger partial charge in [-0.3, -0.25) is 4.57 Å². The smallest absolute Gasteiger partial charge is 0.407 e. The molecule has 0 aliphatic heterocycles. The summed E-state index contributed by atoms with van der Waals surface area (Å²) in [6, 6.07) is 19.3. The Morgan fingerprint density at radius 3 is 2.09 bits per heavy atom. The molecule has 1 atom stereocenters. The van der Waals surface area contributed by atoms with Crippen molar-refractivity contribution in [2.24, 2.45) is 0 Å². The summed E-state index contributed by atoms with van der Waals surface area (Å²) >= 11 is 0. The minimum absolute atomic E-state index is 0.149. The molecule has 0 amide bonds. The summed E-state index contributed by atoms with van der Waals surface area (Å²) in [5, 5.41) is 0. The number of aromatic nitrogens is 1. The number of benzene rings is 2. The summed E-state index contributed by atoms with van der Waals surface area (Å²) in [6.45, 7) is 5.72. The number of rotatable bonds is 4. The zero-order valence-corrected chi connectivity index (χ0v) is 12.4. The van der Waals surface area contributed by atoms with Crippen LogP contribution in [0.2, 0.25) is 0 Å². The summed E-state index contributed by atoms with van der Waals surface area (Å²) in [4.78, 5) is 12.4. The van der Waals surface area contributed by atoms with Crippen LogP contribution in [0.4, 0.5) is 0 Å². The van der Waals surface area contributed by atoms with Gasteiger partial charge in [-0.15, -0.1) is 6.58 Å². The molecule has 0 bridgehead atoms. The molecule has 3 nitrogen and oxygen atoms in total. The summed E-state index contributed by atoms with van der Waals surface area (Å²) in [5.74, 6) is 0.218. The molecule has 0 fully saturated rings. The SMILES string of the molecule is C=CC(C)n1c(-c2ccccc2)c(-c2ccccc2)oc1=O. The van der Waals surface area contributed by atoms with E-state index in [-0.39, 0.29) is 11.8 Å². The first-order valence-corrected chi connectivity index (χ1v) is 7.21. The lowest BCUT2D eigenvalue weighted by molar-refractivity contribution is 0.478. The Morgan fingerprint density at radius 2 is 1.55 bits per heavy atom. The zero-order chi connectivity index (χ0) is 15.5. The molecule has 0 radical (unpaired) electrons. The van der Waals surface area contributed by atoms with Gasteiger partial charge in [0.1, 0.15) is 0 Å². The molecule has 0 aliphatic rings. The van der Waals surface area contributed by atoms with E-state index in [0.29, 0.717) is 5.76 Å². The van der Waals surface area contributed by atoms with Gasteiger partial charge in [-0.25, -0.2) is 4.79 Å². The topological polar surface area (TPSA) is 35.1 Å². The molecule has 3 heteroatoms. The minimum atomic E-state index is -0.370. The first-order chi connectivity index (χ1) is 10.7. The van der Waals surface area contributed by atoms with Crippen LogP contribution in [0.5, 0.6) is 0 Å². The van der Waals surface area contributed by atoms with E-state index in [0.717, 1.165) is 16.8 Å². The van der Waals surface area contributed by atoms with Gasteiger partial charge in [0.2, 0.25) is 0 Å². The molecule has 110 valence electrons. The lowest BCUT2D eigenvalue weighted by atomic mass is 10.0. The van der Waals surface area contributed by atoms with Crippen LogP contribution in [-0.2, 0) is 0 Å². The van der Waals surface area contributed by atoms with E-state index < -0.39 is 0 Å². The molecule has 2 aromatic carbocycles. The van der Waals surface area contributed by atoms with E-state index in [9.17, 15) is 4.79 Å². The Labute approximate surface area is 129 Å². The third-order valence-corrected chi connectivity index (χ3v) is 3.67. The van der Waals surface area contributed by atoms with Gasteiger partial charge in [0.15, 0.2) is 5.76 Å². The molecular formula is C19H17NO2. The third kappa shape index (κ3) is 2.42. The van der Waals surface area contributed by atoms with Crippen molar-refractivity contribution in [3.05, 3.63) is 83.9 Å². The average Bonchev–Trinajstić information content (AvgIpc) is 2.93. The van der Waals surface area contributed by atoms with Crippen molar-refractivity contribution >= 4 is 0 Å². The highest BCUT2D eigenvalue weighted by molar-refractivity contribution is 5.77. The first kappa shape index (κ1) is 14.1. The fraction of sp³-hybridized carbons (Fsp3) is 0.105. The van der Waals surface area contributed by atoms with E-state index in [1.807, 2.05) is 67.6 Å². The first-order valence-electron chi connectivity index (χ1n) is 7.21. The van der Waals surface area contributed by atoms with Crippen LogP contribution < -0.4 is 5.76 Å². The molecule has 0 saturated carbocycles. The van der Waals surface area contributed by atoms with E-state index in [1.165, 1.54) is 0 Å². The van der Waals surface area contributed by atoms with Crippen molar-refractivity contribution in [2.45, 2.75) is 13.0 Å². The monoisotopic (exact) mass is 291 g/mol. The van der Waals surface area contributed by atoms with Gasteiger partial charge in [0.25, 0.3) is 0 Å². The lowest BCUT2D eigenvalue weighted by Gasteiger charge is -2.12. The van der Waals surface area contributed by atoms with Gasteiger partial charge >= 0.3 is 5.76 Å². The van der Waals surface area contributed by atoms with Crippen molar-refractivity contribution in [3.63, 3.8) is 0 Å². The maximum Gasteiger partial charge on any atom is 0.420 e. The van der Waals surface area contributed by atoms with Crippen molar-refractivity contribution in [2.75, 3.05) is 0 Å². The highest BCUT2D eigenvalue weighted by Crippen LogP contribution is 2.33. The molecule has 3 rings (SSSR count). The Balaban J connectivity index is 2.32. The third-order valence-electron chi connectivity index (χ3n) is 3.67. The van der Waals surface area contributed by atoms with Crippen LogP contribution >= 0.6 is 0 Å². The minimum Gasteiger partial charge on any atom is -0.407 e. The van der Waals surface area contributed by atoms with Gasteiger partial charge in [0.05, 0.1) is 11.7 Å². The Morgan fingerprint density at radius 1 is 1.00 bits per heavy atom. The molecule has 0 saturated heterocycles. The van der Waals surface area contributed by atoms with Gasteiger partial charge in [-0.05, 0) is 6.92 Å². The van der Waals surface area contributed by atoms with Crippen LogP contribution in [0, 0.1) is 0 Å². The predicted molar refractivity (Wildman–Crippen MR) is 88.7 cm³/mol. The van der Waals surface area contributed by atoms with Gasteiger partial charge in [-0.2, -0.15) is 0 Å². The van der Waals surface area contributed by atoms with Crippen LogP contribution in [-0.4, -0.2) is 4.57 Å². The Hall–Kier alpha value is -2.81. The molecule has 0 aliphatic carbocycles. The van der Waals surface area contributed by atoms with Crippen molar-refractivity contribution < 1.29 is 4.42 Å². The molecule has 0 spiro atoms. The van der Waals surface area contributed by atoms with Crippen LogP contribution in [0.1, 0.15) is 13.0 Å². The highest BCUT2D eigenvalue weighted by atomic mass is 16.4. The Bertz CT molecular complexity index is 829. The fourth-order valence-corrected chi connectivity index (χ4v) is 2.51. The van der Waals surface area contributed by atoms with Crippen molar-refractivity contribution in [3.8, 4) is 22.6 Å².